The first kappa shape index (κ1) is 20.4. The van der Waals surface area contributed by atoms with Gasteiger partial charge < -0.3 is 15.4 Å². The molecule has 6 nitrogen and oxygen atoms in total. The van der Waals surface area contributed by atoms with E-state index in [2.05, 4.69) is 5.32 Å². The van der Waals surface area contributed by atoms with Crippen molar-refractivity contribution < 1.29 is 27.7 Å². The van der Waals surface area contributed by atoms with Crippen molar-refractivity contribution in [2.45, 2.75) is 11.3 Å². The van der Waals surface area contributed by atoms with E-state index < -0.39 is 28.7 Å². The SMILES string of the molecule is O=C(NCCCS(=O)(=O)c1ccc(Cl)cc1)c1cc(B(O)O)ccc1F. The molecule has 2 aromatic rings. The fourth-order valence-corrected chi connectivity index (χ4v) is 3.63. The maximum Gasteiger partial charge on any atom is 0.488 e. The average Bonchev–Trinajstić information content (AvgIpc) is 2.59. The van der Waals surface area contributed by atoms with Crippen molar-refractivity contribution in [2.24, 2.45) is 0 Å². The van der Waals surface area contributed by atoms with Crippen LogP contribution in [-0.2, 0) is 9.84 Å². The molecular formula is C16H16BClFNO5S. The van der Waals surface area contributed by atoms with Crippen LogP contribution < -0.4 is 10.8 Å². The van der Waals surface area contributed by atoms with E-state index in [1.54, 1.807) is 0 Å². The van der Waals surface area contributed by atoms with E-state index in [9.17, 15) is 17.6 Å². The maximum atomic E-state index is 13.7. The standard InChI is InChI=1S/C16H16BClFNO5S/c18-12-3-5-13(6-4-12)26(24,25)9-1-8-20-16(21)14-10-11(17(22)23)2-7-15(14)19/h2-7,10,22-23H,1,8-9H2,(H,20,21). The third-order valence-electron chi connectivity index (χ3n) is 3.58. The number of sulfone groups is 1. The minimum absolute atomic E-state index is 0.0109. The van der Waals surface area contributed by atoms with Gasteiger partial charge in [0.15, 0.2) is 9.84 Å². The number of benzene rings is 2. The van der Waals surface area contributed by atoms with Crippen LogP contribution in [0.25, 0.3) is 0 Å². The monoisotopic (exact) mass is 399 g/mol. The molecule has 3 N–H and O–H groups in total. The van der Waals surface area contributed by atoms with Crippen molar-refractivity contribution in [3.63, 3.8) is 0 Å². The summed E-state index contributed by atoms with van der Waals surface area (Å²) in [6, 6.07) is 8.88. The highest BCUT2D eigenvalue weighted by Crippen LogP contribution is 2.16. The molecule has 0 aromatic heterocycles. The summed E-state index contributed by atoms with van der Waals surface area (Å²) in [4.78, 5) is 12.1. The molecule has 10 heteroatoms. The zero-order valence-corrected chi connectivity index (χ0v) is 15.1. The summed E-state index contributed by atoms with van der Waals surface area (Å²) < 4.78 is 38.0. The second-order valence-electron chi connectivity index (χ2n) is 5.50. The summed E-state index contributed by atoms with van der Waals surface area (Å²) >= 11 is 5.72. The highest BCUT2D eigenvalue weighted by atomic mass is 35.5. The van der Waals surface area contributed by atoms with Crippen molar-refractivity contribution in [3.8, 4) is 0 Å². The fourth-order valence-electron chi connectivity index (χ4n) is 2.20. The highest BCUT2D eigenvalue weighted by Gasteiger charge is 2.18. The van der Waals surface area contributed by atoms with Crippen molar-refractivity contribution >= 4 is 39.9 Å². The molecule has 0 aliphatic rings. The lowest BCUT2D eigenvalue weighted by Gasteiger charge is -2.09. The van der Waals surface area contributed by atoms with Crippen LogP contribution in [0.2, 0.25) is 5.02 Å². The van der Waals surface area contributed by atoms with Gasteiger partial charge in [0.05, 0.1) is 16.2 Å². The molecule has 2 aromatic carbocycles. The molecule has 138 valence electrons. The van der Waals surface area contributed by atoms with E-state index in [0.717, 1.165) is 18.2 Å². The lowest BCUT2D eigenvalue weighted by Crippen LogP contribution is -2.33. The van der Waals surface area contributed by atoms with Crippen LogP contribution in [0.1, 0.15) is 16.8 Å². The van der Waals surface area contributed by atoms with E-state index in [1.807, 2.05) is 0 Å². The molecule has 0 spiro atoms. The molecule has 0 bridgehead atoms. The van der Waals surface area contributed by atoms with Crippen LogP contribution in [0.4, 0.5) is 4.39 Å². The van der Waals surface area contributed by atoms with Crippen LogP contribution in [-0.4, -0.2) is 43.8 Å². The predicted octanol–water partition coefficient (Wildman–Crippen LogP) is 0.753. The third-order valence-corrected chi connectivity index (χ3v) is 5.65. The minimum Gasteiger partial charge on any atom is -0.423 e. The number of amides is 1. The zero-order valence-electron chi connectivity index (χ0n) is 13.5. The van der Waals surface area contributed by atoms with Gasteiger partial charge in [-0.1, -0.05) is 17.7 Å². The lowest BCUT2D eigenvalue weighted by molar-refractivity contribution is 0.0949. The Labute approximate surface area is 155 Å². The molecule has 0 radical (unpaired) electrons. The maximum absolute atomic E-state index is 13.7. The lowest BCUT2D eigenvalue weighted by atomic mass is 9.79. The summed E-state index contributed by atoms with van der Waals surface area (Å²) in [5, 5.41) is 21.0. The Morgan fingerprint density at radius 2 is 1.81 bits per heavy atom. The summed E-state index contributed by atoms with van der Waals surface area (Å²) in [6.45, 7) is 0.0109. The number of carbonyl (C=O) groups excluding carboxylic acids is 1. The molecule has 0 saturated carbocycles. The largest absolute Gasteiger partial charge is 0.488 e. The third kappa shape index (κ3) is 5.28. The summed E-state index contributed by atoms with van der Waals surface area (Å²) in [5.74, 6) is -1.79. The Hall–Kier alpha value is -1.94. The smallest absolute Gasteiger partial charge is 0.423 e. The van der Waals surface area contributed by atoms with Gasteiger partial charge in [0.1, 0.15) is 5.82 Å². The Balaban J connectivity index is 1.92. The highest BCUT2D eigenvalue weighted by molar-refractivity contribution is 7.91. The summed E-state index contributed by atoms with van der Waals surface area (Å²) in [5.41, 5.74) is -0.377. The van der Waals surface area contributed by atoms with E-state index in [0.29, 0.717) is 5.02 Å². The Bertz CT molecular complexity index is 890. The molecule has 1 amide bonds. The van der Waals surface area contributed by atoms with E-state index in [4.69, 9.17) is 21.6 Å². The van der Waals surface area contributed by atoms with Gasteiger partial charge in [-0.2, -0.15) is 0 Å². The number of hydrogen-bond acceptors (Lipinski definition) is 5. The quantitative estimate of drug-likeness (QED) is 0.471. The summed E-state index contributed by atoms with van der Waals surface area (Å²) in [7, 11) is -5.34. The van der Waals surface area contributed by atoms with Gasteiger partial charge >= 0.3 is 7.12 Å². The molecule has 0 saturated heterocycles. The zero-order chi connectivity index (χ0) is 19.3. The van der Waals surface area contributed by atoms with Gasteiger partial charge in [-0.05, 0) is 48.3 Å². The van der Waals surface area contributed by atoms with Gasteiger partial charge in [-0.25, -0.2) is 12.8 Å². The molecule has 26 heavy (non-hydrogen) atoms. The van der Waals surface area contributed by atoms with Crippen LogP contribution in [0.3, 0.4) is 0 Å². The summed E-state index contributed by atoms with van der Waals surface area (Å²) in [6.07, 6.45) is 0.126. The predicted molar refractivity (Wildman–Crippen MR) is 96.7 cm³/mol. The van der Waals surface area contributed by atoms with Crippen molar-refractivity contribution in [3.05, 3.63) is 58.9 Å². The Morgan fingerprint density at radius 3 is 2.42 bits per heavy atom. The van der Waals surface area contributed by atoms with Crippen LogP contribution in [0.15, 0.2) is 47.4 Å². The van der Waals surface area contributed by atoms with Crippen LogP contribution >= 0.6 is 11.6 Å². The van der Waals surface area contributed by atoms with Gasteiger partial charge in [0.2, 0.25) is 0 Å². The van der Waals surface area contributed by atoms with E-state index in [-0.39, 0.29) is 34.6 Å². The Kier molecular flexibility index (Phi) is 6.77. The van der Waals surface area contributed by atoms with Crippen molar-refractivity contribution in [2.75, 3.05) is 12.3 Å². The topological polar surface area (TPSA) is 104 Å². The fraction of sp³-hybridized carbons (Fsp3) is 0.188. The first-order valence-electron chi connectivity index (χ1n) is 7.63. The first-order chi connectivity index (χ1) is 12.2. The molecular weight excluding hydrogens is 384 g/mol. The second kappa shape index (κ2) is 8.63. The number of hydrogen-bond donors (Lipinski definition) is 3. The van der Waals surface area contributed by atoms with Gasteiger partial charge in [0, 0.05) is 11.6 Å². The number of rotatable bonds is 7. The number of halogens is 2. The van der Waals surface area contributed by atoms with Gasteiger partial charge in [-0.3, -0.25) is 4.79 Å². The van der Waals surface area contributed by atoms with E-state index >= 15 is 0 Å². The molecule has 0 atom stereocenters. The van der Waals surface area contributed by atoms with Crippen LogP contribution in [0.5, 0.6) is 0 Å². The van der Waals surface area contributed by atoms with E-state index in [1.165, 1.54) is 24.3 Å². The molecule has 0 unspecified atom stereocenters. The first-order valence-corrected chi connectivity index (χ1v) is 9.66. The minimum atomic E-state index is -3.52. The molecule has 0 heterocycles. The normalized spacial score (nSPS) is 11.2. The number of carbonyl (C=O) groups is 1. The average molecular weight is 400 g/mol. The molecule has 0 aliphatic carbocycles. The molecule has 0 aliphatic heterocycles. The van der Waals surface area contributed by atoms with Gasteiger partial charge in [0.25, 0.3) is 5.91 Å². The molecule has 0 fully saturated rings. The Morgan fingerprint density at radius 1 is 1.15 bits per heavy atom. The van der Waals surface area contributed by atoms with Gasteiger partial charge in [-0.15, -0.1) is 0 Å². The van der Waals surface area contributed by atoms with Crippen molar-refractivity contribution in [1.82, 2.24) is 5.32 Å². The second-order valence-corrected chi connectivity index (χ2v) is 8.04. The number of nitrogens with one attached hydrogen (secondary N) is 1. The van der Waals surface area contributed by atoms with Crippen LogP contribution in [0, 0.1) is 5.82 Å². The van der Waals surface area contributed by atoms with Crippen molar-refractivity contribution in [1.29, 1.82) is 0 Å². The molecule has 2 rings (SSSR count).